The lowest BCUT2D eigenvalue weighted by atomic mass is 9.58. The molecule has 0 bridgehead atoms. The van der Waals surface area contributed by atoms with Crippen LogP contribution in [0.1, 0.15) is 63.9 Å². The normalized spacial score (nSPS) is 27.1. The molecule has 108 valence electrons. The molecule has 0 spiro atoms. The van der Waals surface area contributed by atoms with Crippen LogP contribution in [0.15, 0.2) is 42.5 Å². The van der Waals surface area contributed by atoms with Crippen LogP contribution in [0.2, 0.25) is 0 Å². The number of hydrogen-bond acceptors (Lipinski definition) is 0. The van der Waals surface area contributed by atoms with Gasteiger partial charge >= 0.3 is 0 Å². The maximum Gasteiger partial charge on any atom is 0.00156 e. The monoisotopic (exact) mass is 268 g/mol. The van der Waals surface area contributed by atoms with Crippen molar-refractivity contribution < 1.29 is 0 Å². The number of allylic oxidation sites excluding steroid dienone is 2. The van der Waals surface area contributed by atoms with Crippen LogP contribution in [-0.2, 0) is 5.41 Å². The van der Waals surface area contributed by atoms with Crippen LogP contribution in [-0.4, -0.2) is 0 Å². The Kier molecular flexibility index (Phi) is 4.29. The highest BCUT2D eigenvalue weighted by molar-refractivity contribution is 5.29. The Bertz CT molecular complexity index is 438. The molecule has 2 atom stereocenters. The first-order valence-electron chi connectivity index (χ1n) is 8.54. The summed E-state index contributed by atoms with van der Waals surface area (Å²) < 4.78 is 0. The van der Waals surface area contributed by atoms with Gasteiger partial charge in [0.25, 0.3) is 0 Å². The standard InChI is InChI=1S/C20H28/c1-20(17-11-5-2-6-12-17,18-13-7-3-8-14-18)19-15-9-4-10-16-19/h2,5-7,11-13,18-19H,3-4,8-10,14-16H2,1H3. The van der Waals surface area contributed by atoms with E-state index in [1.807, 2.05) is 0 Å². The molecule has 1 aromatic carbocycles. The number of rotatable bonds is 3. The maximum absolute atomic E-state index is 2.55. The minimum Gasteiger partial charge on any atom is -0.0882 e. The smallest absolute Gasteiger partial charge is 0.00156 e. The van der Waals surface area contributed by atoms with Gasteiger partial charge in [0.15, 0.2) is 0 Å². The molecule has 1 saturated carbocycles. The number of benzene rings is 1. The van der Waals surface area contributed by atoms with Gasteiger partial charge in [0.1, 0.15) is 0 Å². The first-order chi connectivity index (χ1) is 9.82. The molecule has 0 N–H and O–H groups in total. The molecule has 0 saturated heterocycles. The molecule has 3 rings (SSSR count). The maximum atomic E-state index is 2.55. The summed E-state index contributed by atoms with van der Waals surface area (Å²) >= 11 is 0. The van der Waals surface area contributed by atoms with E-state index in [1.165, 1.54) is 51.4 Å². The van der Waals surface area contributed by atoms with Gasteiger partial charge in [-0.1, -0.05) is 68.7 Å². The predicted octanol–water partition coefficient (Wildman–Crippen LogP) is 5.88. The molecular formula is C20H28. The Morgan fingerprint density at radius 1 is 0.900 bits per heavy atom. The Hall–Kier alpha value is -1.04. The first kappa shape index (κ1) is 13.9. The summed E-state index contributed by atoms with van der Waals surface area (Å²) in [5.41, 5.74) is 1.92. The van der Waals surface area contributed by atoms with Gasteiger partial charge in [0.2, 0.25) is 0 Å². The molecule has 20 heavy (non-hydrogen) atoms. The van der Waals surface area contributed by atoms with Gasteiger partial charge in [0, 0.05) is 5.41 Å². The Labute approximate surface area is 124 Å². The van der Waals surface area contributed by atoms with Crippen molar-refractivity contribution in [3.05, 3.63) is 48.0 Å². The average Bonchev–Trinajstić information content (AvgIpc) is 2.56. The van der Waals surface area contributed by atoms with E-state index in [1.54, 1.807) is 5.56 Å². The summed E-state index contributed by atoms with van der Waals surface area (Å²) in [6.45, 7) is 2.55. The molecule has 2 unspecified atom stereocenters. The largest absolute Gasteiger partial charge is 0.0882 e. The van der Waals surface area contributed by atoms with E-state index in [0.29, 0.717) is 5.41 Å². The minimum atomic E-state index is 0.346. The first-order valence-corrected chi connectivity index (χ1v) is 8.54. The van der Waals surface area contributed by atoms with Crippen molar-refractivity contribution in [2.24, 2.45) is 11.8 Å². The van der Waals surface area contributed by atoms with Gasteiger partial charge < -0.3 is 0 Å². The van der Waals surface area contributed by atoms with Crippen LogP contribution < -0.4 is 0 Å². The third kappa shape index (κ3) is 2.57. The Balaban J connectivity index is 1.97. The van der Waals surface area contributed by atoms with Crippen LogP contribution in [0.5, 0.6) is 0 Å². The summed E-state index contributed by atoms with van der Waals surface area (Å²) in [5.74, 6) is 1.60. The van der Waals surface area contributed by atoms with E-state index in [-0.39, 0.29) is 0 Å². The van der Waals surface area contributed by atoms with Crippen LogP contribution in [0.25, 0.3) is 0 Å². The summed E-state index contributed by atoms with van der Waals surface area (Å²) in [4.78, 5) is 0. The topological polar surface area (TPSA) is 0 Å². The van der Waals surface area contributed by atoms with E-state index in [4.69, 9.17) is 0 Å². The molecule has 0 aromatic heterocycles. The van der Waals surface area contributed by atoms with Crippen LogP contribution in [0, 0.1) is 11.8 Å². The molecule has 0 amide bonds. The fraction of sp³-hybridized carbons (Fsp3) is 0.600. The molecule has 1 aromatic rings. The summed E-state index contributed by atoms with van der Waals surface area (Å²) in [6, 6.07) is 11.3. The molecule has 2 aliphatic rings. The zero-order chi connectivity index (χ0) is 13.8. The van der Waals surface area contributed by atoms with Crippen molar-refractivity contribution in [2.75, 3.05) is 0 Å². The second-order valence-electron chi connectivity index (χ2n) is 6.95. The highest BCUT2D eigenvalue weighted by Crippen LogP contribution is 2.48. The molecule has 1 fully saturated rings. The van der Waals surface area contributed by atoms with Crippen LogP contribution in [0.4, 0.5) is 0 Å². The summed E-state index contributed by atoms with van der Waals surface area (Å²) in [5, 5.41) is 0. The lowest BCUT2D eigenvalue weighted by molar-refractivity contribution is 0.160. The molecule has 0 heterocycles. The highest BCUT2D eigenvalue weighted by atomic mass is 14.5. The molecule has 0 heteroatoms. The van der Waals surface area contributed by atoms with Gasteiger partial charge in [-0.15, -0.1) is 0 Å². The zero-order valence-corrected chi connectivity index (χ0v) is 12.9. The highest BCUT2D eigenvalue weighted by Gasteiger charge is 2.41. The summed E-state index contributed by atoms with van der Waals surface area (Å²) in [6.07, 6.45) is 16.2. The Morgan fingerprint density at radius 3 is 2.30 bits per heavy atom. The predicted molar refractivity (Wildman–Crippen MR) is 86.9 cm³/mol. The van der Waals surface area contributed by atoms with E-state index >= 15 is 0 Å². The zero-order valence-electron chi connectivity index (χ0n) is 12.9. The average molecular weight is 268 g/mol. The van der Waals surface area contributed by atoms with Crippen molar-refractivity contribution in [1.29, 1.82) is 0 Å². The van der Waals surface area contributed by atoms with Gasteiger partial charge in [-0.25, -0.2) is 0 Å². The van der Waals surface area contributed by atoms with Gasteiger partial charge in [-0.05, 0) is 49.5 Å². The van der Waals surface area contributed by atoms with Gasteiger partial charge in [-0.3, -0.25) is 0 Å². The van der Waals surface area contributed by atoms with Crippen molar-refractivity contribution in [2.45, 2.75) is 63.7 Å². The second-order valence-corrected chi connectivity index (χ2v) is 6.95. The van der Waals surface area contributed by atoms with Crippen molar-refractivity contribution in [1.82, 2.24) is 0 Å². The van der Waals surface area contributed by atoms with E-state index in [2.05, 4.69) is 49.4 Å². The van der Waals surface area contributed by atoms with Crippen LogP contribution >= 0.6 is 0 Å². The molecule has 0 nitrogen and oxygen atoms in total. The van der Waals surface area contributed by atoms with Crippen LogP contribution in [0.3, 0.4) is 0 Å². The van der Waals surface area contributed by atoms with Crippen molar-refractivity contribution in [3.63, 3.8) is 0 Å². The third-order valence-electron chi connectivity index (χ3n) is 5.87. The third-order valence-corrected chi connectivity index (χ3v) is 5.87. The van der Waals surface area contributed by atoms with Gasteiger partial charge in [0.05, 0.1) is 0 Å². The molecule has 0 radical (unpaired) electrons. The van der Waals surface area contributed by atoms with E-state index in [0.717, 1.165) is 11.8 Å². The number of hydrogen-bond donors (Lipinski definition) is 0. The minimum absolute atomic E-state index is 0.346. The SMILES string of the molecule is CC(c1ccccc1)(C1C=CCCC1)C1CCCCC1. The van der Waals surface area contributed by atoms with Gasteiger partial charge in [-0.2, -0.15) is 0 Å². The van der Waals surface area contributed by atoms with E-state index < -0.39 is 0 Å². The lowest BCUT2D eigenvalue weighted by Gasteiger charge is -2.46. The molecule has 2 aliphatic carbocycles. The Morgan fingerprint density at radius 2 is 1.65 bits per heavy atom. The molecule has 0 aliphatic heterocycles. The lowest BCUT2D eigenvalue weighted by Crippen LogP contribution is -2.40. The second kappa shape index (κ2) is 6.16. The molecular weight excluding hydrogens is 240 g/mol. The summed E-state index contributed by atoms with van der Waals surface area (Å²) in [7, 11) is 0. The van der Waals surface area contributed by atoms with E-state index in [9.17, 15) is 0 Å². The quantitative estimate of drug-likeness (QED) is 0.600. The fourth-order valence-electron chi connectivity index (χ4n) is 4.56. The fourth-order valence-corrected chi connectivity index (χ4v) is 4.56. The van der Waals surface area contributed by atoms with Crippen molar-refractivity contribution in [3.8, 4) is 0 Å². The van der Waals surface area contributed by atoms with Crippen molar-refractivity contribution >= 4 is 0 Å².